The number of rotatable bonds is 5. The molecule has 2 rings (SSSR count). The summed E-state index contributed by atoms with van der Waals surface area (Å²) in [6.07, 6.45) is 0.795. The molecule has 8 heteroatoms. The average molecular weight is 330 g/mol. The summed E-state index contributed by atoms with van der Waals surface area (Å²) in [5.41, 5.74) is -0.00272. The quantitative estimate of drug-likeness (QED) is 0.808. The van der Waals surface area contributed by atoms with E-state index in [2.05, 4.69) is 5.32 Å². The highest BCUT2D eigenvalue weighted by Crippen LogP contribution is 2.32. The maximum Gasteiger partial charge on any atom is 0.342 e. The summed E-state index contributed by atoms with van der Waals surface area (Å²) in [7, 11) is -0.710. The van der Waals surface area contributed by atoms with Crippen LogP contribution in [0.3, 0.4) is 0 Å². The van der Waals surface area contributed by atoms with Crippen molar-refractivity contribution in [3.05, 3.63) is 17.1 Å². The Morgan fingerprint density at radius 3 is 2.68 bits per heavy atom. The van der Waals surface area contributed by atoms with Crippen molar-refractivity contribution in [2.24, 2.45) is 5.92 Å². The summed E-state index contributed by atoms with van der Waals surface area (Å²) in [5, 5.41) is 3.06. The van der Waals surface area contributed by atoms with E-state index in [0.717, 1.165) is 13.0 Å². The summed E-state index contributed by atoms with van der Waals surface area (Å²) in [5.74, 6) is 0.0532. The third kappa shape index (κ3) is 2.90. The van der Waals surface area contributed by atoms with Gasteiger partial charge >= 0.3 is 5.97 Å². The lowest BCUT2D eigenvalue weighted by Gasteiger charge is -2.17. The molecule has 22 heavy (non-hydrogen) atoms. The molecule has 0 radical (unpaired) electrons. The van der Waals surface area contributed by atoms with Crippen molar-refractivity contribution in [2.75, 3.05) is 33.8 Å². The lowest BCUT2D eigenvalue weighted by molar-refractivity contribution is 0.0594. The molecule has 1 aliphatic heterocycles. The second-order valence-corrected chi connectivity index (χ2v) is 7.36. The van der Waals surface area contributed by atoms with Crippen LogP contribution in [0.4, 0.5) is 0 Å². The normalized spacial score (nSPS) is 19.5. The van der Waals surface area contributed by atoms with Crippen LogP contribution in [0.25, 0.3) is 0 Å². The monoisotopic (exact) mass is 330 g/mol. The van der Waals surface area contributed by atoms with Gasteiger partial charge in [0.05, 0.1) is 7.11 Å². The first-order chi connectivity index (χ1) is 10.3. The van der Waals surface area contributed by atoms with E-state index in [-0.39, 0.29) is 27.9 Å². The van der Waals surface area contributed by atoms with Gasteiger partial charge in [0.1, 0.15) is 22.0 Å². The Kier molecular flexibility index (Phi) is 4.93. The van der Waals surface area contributed by atoms with Gasteiger partial charge in [-0.15, -0.1) is 0 Å². The Bertz CT molecular complexity index is 665. The number of furan rings is 1. The van der Waals surface area contributed by atoms with Gasteiger partial charge in [-0.2, -0.15) is 4.31 Å². The molecule has 0 aliphatic carbocycles. The third-order valence-electron chi connectivity index (χ3n) is 3.93. The molecule has 0 bridgehead atoms. The van der Waals surface area contributed by atoms with Gasteiger partial charge in [-0.25, -0.2) is 13.2 Å². The summed E-state index contributed by atoms with van der Waals surface area (Å²) in [6.45, 7) is 4.76. The van der Waals surface area contributed by atoms with Gasteiger partial charge in [0.25, 0.3) is 0 Å². The second kappa shape index (κ2) is 6.39. The van der Waals surface area contributed by atoms with Crippen molar-refractivity contribution in [1.82, 2.24) is 9.62 Å². The molecular formula is C14H22N2O5S. The fourth-order valence-corrected chi connectivity index (χ4v) is 4.81. The Labute approximate surface area is 130 Å². The minimum Gasteiger partial charge on any atom is -0.465 e. The van der Waals surface area contributed by atoms with Gasteiger partial charge in [-0.05, 0) is 39.8 Å². The largest absolute Gasteiger partial charge is 0.465 e. The molecule has 0 saturated carbocycles. The Balaban J connectivity index is 2.41. The Hall–Kier alpha value is -1.38. The van der Waals surface area contributed by atoms with E-state index in [1.807, 2.05) is 7.05 Å². The van der Waals surface area contributed by atoms with E-state index < -0.39 is 16.0 Å². The molecule has 7 nitrogen and oxygen atoms in total. The van der Waals surface area contributed by atoms with Crippen molar-refractivity contribution < 1.29 is 22.4 Å². The zero-order valence-corrected chi connectivity index (χ0v) is 14.1. The van der Waals surface area contributed by atoms with Gasteiger partial charge in [-0.1, -0.05) is 0 Å². The van der Waals surface area contributed by atoms with Crippen LogP contribution in [-0.4, -0.2) is 52.5 Å². The molecule has 1 unspecified atom stereocenters. The first-order valence-corrected chi connectivity index (χ1v) is 8.60. The molecule has 2 heterocycles. The van der Waals surface area contributed by atoms with Crippen LogP contribution in [-0.2, 0) is 14.8 Å². The standard InChI is InChI=1S/C14H22N2O5S/c1-9-12(14(17)20-4)13(10(2)21-9)22(18,19)16-6-5-11(8-16)7-15-3/h11,15H,5-8H2,1-4H3. The fraction of sp³-hybridized carbons (Fsp3) is 0.643. The third-order valence-corrected chi connectivity index (χ3v) is 5.95. The first-order valence-electron chi connectivity index (χ1n) is 7.16. The highest BCUT2D eigenvalue weighted by atomic mass is 32.2. The molecule has 1 aliphatic rings. The molecule has 0 amide bonds. The summed E-state index contributed by atoms with van der Waals surface area (Å²) in [6, 6.07) is 0. The van der Waals surface area contributed by atoms with Crippen LogP contribution >= 0.6 is 0 Å². The topological polar surface area (TPSA) is 88.9 Å². The van der Waals surface area contributed by atoms with Gasteiger partial charge in [-0.3, -0.25) is 0 Å². The van der Waals surface area contributed by atoms with Gasteiger partial charge in [0, 0.05) is 13.1 Å². The smallest absolute Gasteiger partial charge is 0.342 e. The van der Waals surface area contributed by atoms with E-state index >= 15 is 0 Å². The first kappa shape index (κ1) is 17.0. The zero-order chi connectivity index (χ0) is 16.5. The van der Waals surface area contributed by atoms with Gasteiger partial charge in [0.15, 0.2) is 0 Å². The van der Waals surface area contributed by atoms with Crippen molar-refractivity contribution >= 4 is 16.0 Å². The zero-order valence-electron chi connectivity index (χ0n) is 13.3. The molecule has 1 N–H and O–H groups in total. The minimum absolute atomic E-state index is 0.00272. The Morgan fingerprint density at radius 1 is 1.41 bits per heavy atom. The summed E-state index contributed by atoms with van der Waals surface area (Å²) >= 11 is 0. The van der Waals surface area contributed by atoms with E-state index in [1.165, 1.54) is 11.4 Å². The number of nitrogens with one attached hydrogen (secondary N) is 1. The number of aryl methyl sites for hydroxylation is 2. The Morgan fingerprint density at radius 2 is 2.09 bits per heavy atom. The number of hydrogen-bond donors (Lipinski definition) is 1. The van der Waals surface area contributed by atoms with Crippen molar-refractivity contribution in [3.63, 3.8) is 0 Å². The maximum absolute atomic E-state index is 12.9. The summed E-state index contributed by atoms with van der Waals surface area (Å²) < 4.78 is 37.3. The second-order valence-electron chi connectivity index (χ2n) is 5.49. The lowest BCUT2D eigenvalue weighted by atomic mass is 10.1. The predicted molar refractivity (Wildman–Crippen MR) is 80.3 cm³/mol. The molecular weight excluding hydrogens is 308 g/mol. The number of hydrogen-bond acceptors (Lipinski definition) is 6. The molecule has 1 atom stereocenters. The maximum atomic E-state index is 12.9. The van der Waals surface area contributed by atoms with Gasteiger partial charge in [0.2, 0.25) is 10.0 Å². The highest BCUT2D eigenvalue weighted by Gasteiger charge is 2.38. The van der Waals surface area contributed by atoms with Crippen molar-refractivity contribution in [1.29, 1.82) is 0 Å². The van der Waals surface area contributed by atoms with E-state index in [1.54, 1.807) is 13.8 Å². The summed E-state index contributed by atoms with van der Waals surface area (Å²) in [4.78, 5) is 11.9. The van der Waals surface area contributed by atoms with Crippen LogP contribution in [0.1, 0.15) is 28.3 Å². The predicted octanol–water partition coefficient (Wildman–Crippen LogP) is 0.913. The molecule has 124 valence electrons. The number of methoxy groups -OCH3 is 1. The molecule has 1 saturated heterocycles. The minimum atomic E-state index is -3.77. The van der Waals surface area contributed by atoms with E-state index in [9.17, 15) is 13.2 Å². The van der Waals surface area contributed by atoms with Crippen LogP contribution in [0.2, 0.25) is 0 Å². The van der Waals surface area contributed by atoms with E-state index in [0.29, 0.717) is 13.1 Å². The fourth-order valence-electron chi connectivity index (χ4n) is 2.91. The molecule has 1 aromatic heterocycles. The number of sulfonamides is 1. The van der Waals surface area contributed by atoms with Gasteiger partial charge < -0.3 is 14.5 Å². The lowest BCUT2D eigenvalue weighted by Crippen LogP contribution is -2.31. The van der Waals surface area contributed by atoms with Crippen LogP contribution in [0.5, 0.6) is 0 Å². The molecule has 0 aromatic carbocycles. The van der Waals surface area contributed by atoms with E-state index in [4.69, 9.17) is 9.15 Å². The number of carbonyl (C=O) groups excluding carboxylic acids is 1. The van der Waals surface area contributed by atoms with Crippen LogP contribution < -0.4 is 5.32 Å². The number of carbonyl (C=O) groups is 1. The number of ether oxygens (including phenoxy) is 1. The number of nitrogens with zero attached hydrogens (tertiary/aromatic N) is 1. The van der Waals surface area contributed by atoms with Crippen molar-refractivity contribution in [3.8, 4) is 0 Å². The van der Waals surface area contributed by atoms with Crippen LogP contribution in [0.15, 0.2) is 9.31 Å². The molecule has 1 fully saturated rings. The molecule has 0 spiro atoms. The SMILES string of the molecule is CNCC1CCN(S(=O)(=O)c2c(C)oc(C)c2C(=O)OC)C1. The number of esters is 1. The van der Waals surface area contributed by atoms with Crippen molar-refractivity contribution in [2.45, 2.75) is 25.2 Å². The molecule has 1 aromatic rings. The highest BCUT2D eigenvalue weighted by molar-refractivity contribution is 7.89. The van der Waals surface area contributed by atoms with Crippen LogP contribution in [0, 0.1) is 19.8 Å². The average Bonchev–Trinajstić information content (AvgIpc) is 3.03.